The monoisotopic (exact) mass is 202 g/mol. The minimum Gasteiger partial charge on any atom is -0.468 e. The maximum absolute atomic E-state index is 11.1. The first kappa shape index (κ1) is 12.6. The molecule has 1 N–H and O–H groups in total. The number of aliphatic hydroxyl groups is 1. The SMILES string of the molecule is COC(=O)C(C/C=C\CO)C(=O)OC. The minimum absolute atomic E-state index is 0.130. The quantitative estimate of drug-likeness (QED) is 0.382. The molecule has 0 rings (SSSR count). The molecule has 0 aliphatic heterocycles. The molecule has 0 radical (unpaired) electrons. The average molecular weight is 202 g/mol. The van der Waals surface area contributed by atoms with Crippen LogP contribution in [0.3, 0.4) is 0 Å². The number of carbonyl (C=O) groups is 2. The summed E-state index contributed by atoms with van der Waals surface area (Å²) in [5, 5.41) is 8.45. The maximum atomic E-state index is 11.1. The van der Waals surface area contributed by atoms with Crippen molar-refractivity contribution in [3.8, 4) is 0 Å². The van der Waals surface area contributed by atoms with Crippen LogP contribution in [0.2, 0.25) is 0 Å². The lowest BCUT2D eigenvalue weighted by atomic mass is 10.1. The van der Waals surface area contributed by atoms with E-state index in [0.717, 1.165) is 0 Å². The van der Waals surface area contributed by atoms with E-state index in [2.05, 4.69) is 9.47 Å². The van der Waals surface area contributed by atoms with Crippen molar-refractivity contribution in [1.29, 1.82) is 0 Å². The highest BCUT2D eigenvalue weighted by Crippen LogP contribution is 2.08. The Hall–Kier alpha value is -1.36. The number of methoxy groups -OCH3 is 2. The highest BCUT2D eigenvalue weighted by atomic mass is 16.5. The molecule has 0 atom stereocenters. The standard InChI is InChI=1S/C9H14O5/c1-13-8(11)7(9(12)14-2)5-3-4-6-10/h3-4,7,10H,5-6H2,1-2H3/b4-3-. The predicted molar refractivity (Wildman–Crippen MR) is 48.4 cm³/mol. The van der Waals surface area contributed by atoms with E-state index in [4.69, 9.17) is 5.11 Å². The Kier molecular flexibility index (Phi) is 6.39. The summed E-state index contributed by atoms with van der Waals surface area (Å²) in [4.78, 5) is 22.2. The van der Waals surface area contributed by atoms with Crippen molar-refractivity contribution in [2.75, 3.05) is 20.8 Å². The molecular formula is C9H14O5. The van der Waals surface area contributed by atoms with Crippen molar-refractivity contribution in [3.63, 3.8) is 0 Å². The summed E-state index contributed by atoms with van der Waals surface area (Å²) in [6.07, 6.45) is 3.14. The lowest BCUT2D eigenvalue weighted by Gasteiger charge is -2.09. The van der Waals surface area contributed by atoms with Crippen LogP contribution >= 0.6 is 0 Å². The smallest absolute Gasteiger partial charge is 0.320 e. The first-order valence-electron chi connectivity index (χ1n) is 4.08. The van der Waals surface area contributed by atoms with Crippen molar-refractivity contribution < 1.29 is 24.2 Å². The lowest BCUT2D eigenvalue weighted by molar-refractivity contribution is -0.158. The van der Waals surface area contributed by atoms with Crippen LogP contribution in [-0.2, 0) is 19.1 Å². The first-order valence-corrected chi connectivity index (χ1v) is 4.08. The van der Waals surface area contributed by atoms with Crippen LogP contribution in [0.15, 0.2) is 12.2 Å². The molecular weight excluding hydrogens is 188 g/mol. The van der Waals surface area contributed by atoms with Crippen LogP contribution in [0, 0.1) is 5.92 Å². The molecule has 0 aromatic heterocycles. The van der Waals surface area contributed by atoms with Gasteiger partial charge in [0.2, 0.25) is 0 Å². The Morgan fingerprint density at radius 3 is 2.07 bits per heavy atom. The summed E-state index contributed by atoms with van der Waals surface area (Å²) in [6.45, 7) is -0.130. The second-order valence-electron chi connectivity index (χ2n) is 2.49. The largest absolute Gasteiger partial charge is 0.468 e. The van der Waals surface area contributed by atoms with Gasteiger partial charge < -0.3 is 14.6 Å². The molecule has 0 bridgehead atoms. The van der Waals surface area contributed by atoms with E-state index < -0.39 is 17.9 Å². The van der Waals surface area contributed by atoms with Gasteiger partial charge in [-0.05, 0) is 6.42 Å². The molecule has 5 nitrogen and oxygen atoms in total. The number of aliphatic hydroxyl groups excluding tert-OH is 1. The fourth-order valence-electron chi connectivity index (χ4n) is 0.880. The van der Waals surface area contributed by atoms with E-state index in [1.54, 1.807) is 0 Å². The Morgan fingerprint density at radius 2 is 1.71 bits per heavy atom. The Morgan fingerprint density at radius 1 is 1.21 bits per heavy atom. The zero-order valence-corrected chi connectivity index (χ0v) is 8.23. The van der Waals surface area contributed by atoms with Gasteiger partial charge in [-0.2, -0.15) is 0 Å². The van der Waals surface area contributed by atoms with Gasteiger partial charge in [-0.1, -0.05) is 12.2 Å². The van der Waals surface area contributed by atoms with Crippen molar-refractivity contribution >= 4 is 11.9 Å². The van der Waals surface area contributed by atoms with E-state index in [1.807, 2.05) is 0 Å². The van der Waals surface area contributed by atoms with Crippen molar-refractivity contribution in [1.82, 2.24) is 0 Å². The van der Waals surface area contributed by atoms with Crippen molar-refractivity contribution in [2.45, 2.75) is 6.42 Å². The highest BCUT2D eigenvalue weighted by Gasteiger charge is 2.26. The van der Waals surface area contributed by atoms with Gasteiger partial charge in [0, 0.05) is 0 Å². The van der Waals surface area contributed by atoms with Gasteiger partial charge in [0.1, 0.15) is 0 Å². The molecule has 0 aromatic carbocycles. The second-order valence-corrected chi connectivity index (χ2v) is 2.49. The number of allylic oxidation sites excluding steroid dienone is 1. The number of hydrogen-bond acceptors (Lipinski definition) is 5. The molecule has 0 amide bonds. The molecule has 5 heteroatoms. The van der Waals surface area contributed by atoms with E-state index >= 15 is 0 Å². The van der Waals surface area contributed by atoms with Gasteiger partial charge in [0.15, 0.2) is 5.92 Å². The van der Waals surface area contributed by atoms with E-state index in [1.165, 1.54) is 26.4 Å². The fourth-order valence-corrected chi connectivity index (χ4v) is 0.880. The molecule has 0 spiro atoms. The van der Waals surface area contributed by atoms with Gasteiger partial charge in [0.25, 0.3) is 0 Å². The molecule has 14 heavy (non-hydrogen) atoms. The molecule has 0 aromatic rings. The van der Waals surface area contributed by atoms with Crippen molar-refractivity contribution in [2.24, 2.45) is 5.92 Å². The van der Waals surface area contributed by atoms with Crippen LogP contribution < -0.4 is 0 Å². The van der Waals surface area contributed by atoms with E-state index in [0.29, 0.717) is 0 Å². The van der Waals surface area contributed by atoms with Gasteiger partial charge in [-0.3, -0.25) is 9.59 Å². The molecule has 80 valence electrons. The number of rotatable bonds is 5. The number of ether oxygens (including phenoxy) is 2. The summed E-state index contributed by atoms with van der Waals surface area (Å²) in [5.41, 5.74) is 0. The third-order valence-corrected chi connectivity index (χ3v) is 1.62. The zero-order valence-electron chi connectivity index (χ0n) is 8.23. The molecule has 0 aliphatic carbocycles. The number of carbonyl (C=O) groups excluding carboxylic acids is 2. The van der Waals surface area contributed by atoms with E-state index in [9.17, 15) is 9.59 Å². The molecule has 0 saturated carbocycles. The van der Waals surface area contributed by atoms with Crippen LogP contribution in [-0.4, -0.2) is 37.9 Å². The Labute approximate surface area is 82.3 Å². The first-order chi connectivity index (χ1) is 6.67. The molecule has 0 unspecified atom stereocenters. The second kappa shape index (κ2) is 7.08. The molecule has 0 fully saturated rings. The van der Waals surface area contributed by atoms with Crippen LogP contribution in [0.1, 0.15) is 6.42 Å². The third-order valence-electron chi connectivity index (χ3n) is 1.62. The predicted octanol–water partition coefficient (Wildman–Crippen LogP) is -0.113. The maximum Gasteiger partial charge on any atom is 0.320 e. The summed E-state index contributed by atoms with van der Waals surface area (Å²) in [6, 6.07) is 0. The average Bonchev–Trinajstić information content (AvgIpc) is 2.22. The summed E-state index contributed by atoms with van der Waals surface area (Å²) < 4.78 is 8.86. The van der Waals surface area contributed by atoms with Crippen LogP contribution in [0.5, 0.6) is 0 Å². The number of hydrogen-bond donors (Lipinski definition) is 1. The van der Waals surface area contributed by atoms with Crippen LogP contribution in [0.25, 0.3) is 0 Å². The topological polar surface area (TPSA) is 72.8 Å². The molecule has 0 aliphatic rings. The Bertz CT molecular complexity index is 205. The third kappa shape index (κ3) is 4.04. The van der Waals surface area contributed by atoms with Gasteiger partial charge in [-0.25, -0.2) is 0 Å². The van der Waals surface area contributed by atoms with Crippen LogP contribution in [0.4, 0.5) is 0 Å². The fraction of sp³-hybridized carbons (Fsp3) is 0.556. The lowest BCUT2D eigenvalue weighted by Crippen LogP contribution is -2.25. The normalized spacial score (nSPS) is 10.6. The minimum atomic E-state index is -0.951. The molecule has 0 saturated heterocycles. The summed E-state index contributed by atoms with van der Waals surface area (Å²) >= 11 is 0. The van der Waals surface area contributed by atoms with Crippen molar-refractivity contribution in [3.05, 3.63) is 12.2 Å². The summed E-state index contributed by atoms with van der Waals surface area (Å²) in [5.74, 6) is -2.23. The highest BCUT2D eigenvalue weighted by molar-refractivity contribution is 5.94. The number of esters is 2. The summed E-state index contributed by atoms with van der Waals surface area (Å²) in [7, 11) is 2.40. The van der Waals surface area contributed by atoms with Gasteiger partial charge in [-0.15, -0.1) is 0 Å². The Balaban J connectivity index is 4.32. The molecule has 0 heterocycles. The van der Waals surface area contributed by atoms with Gasteiger partial charge in [0.05, 0.1) is 20.8 Å². The van der Waals surface area contributed by atoms with Gasteiger partial charge >= 0.3 is 11.9 Å². The zero-order chi connectivity index (χ0) is 11.0. The van der Waals surface area contributed by atoms with E-state index in [-0.39, 0.29) is 13.0 Å².